The zero-order valence-corrected chi connectivity index (χ0v) is 16.7. The van der Waals surface area contributed by atoms with Crippen molar-refractivity contribution in [3.63, 3.8) is 0 Å². The number of benzene rings is 2. The minimum Gasteiger partial charge on any atom is -0.497 e. The molecule has 0 saturated carbocycles. The van der Waals surface area contributed by atoms with E-state index in [0.717, 1.165) is 29.7 Å². The maximum atomic E-state index is 13.2. The molecule has 28 heavy (non-hydrogen) atoms. The second-order valence-electron chi connectivity index (χ2n) is 6.35. The van der Waals surface area contributed by atoms with Crippen LogP contribution >= 0.6 is 11.8 Å². The number of carbonyl (C=O) groups excluding carboxylic acids is 1. The van der Waals surface area contributed by atoms with Gasteiger partial charge >= 0.3 is 0 Å². The molecule has 1 atom stereocenters. The largest absolute Gasteiger partial charge is 0.497 e. The number of carbonyl (C=O) groups is 1. The summed E-state index contributed by atoms with van der Waals surface area (Å²) in [5.41, 5.74) is 1.73. The highest BCUT2D eigenvalue weighted by Crippen LogP contribution is 2.31. The topological polar surface area (TPSA) is 54.3 Å². The van der Waals surface area contributed by atoms with E-state index in [9.17, 15) is 9.18 Å². The van der Waals surface area contributed by atoms with Gasteiger partial charge in [-0.25, -0.2) is 4.39 Å². The molecule has 0 radical (unpaired) electrons. The summed E-state index contributed by atoms with van der Waals surface area (Å²) >= 11 is 1.43. The standard InChI is InChI=1S/C21H22FN3O2S/c1-3-4-19-20(26)25(14-16-5-9-17(22)10-6-16)21(28-19)24-23-13-15-7-11-18(27-2)12-8-15/h5-13,19H,3-4,14H2,1-2H3/b23-13-,24-21-/t19-/m1/s1. The van der Waals surface area contributed by atoms with E-state index in [1.807, 2.05) is 24.3 Å². The minimum absolute atomic E-state index is 0.0228. The number of methoxy groups -OCH3 is 1. The first-order valence-electron chi connectivity index (χ1n) is 9.08. The maximum absolute atomic E-state index is 13.2. The second-order valence-corrected chi connectivity index (χ2v) is 7.52. The summed E-state index contributed by atoms with van der Waals surface area (Å²) in [7, 11) is 1.62. The van der Waals surface area contributed by atoms with E-state index in [1.54, 1.807) is 30.4 Å². The third-order valence-corrected chi connectivity index (χ3v) is 5.53. The summed E-state index contributed by atoms with van der Waals surface area (Å²) in [6, 6.07) is 13.6. The lowest BCUT2D eigenvalue weighted by Gasteiger charge is -2.15. The Labute approximate surface area is 168 Å². The first-order valence-corrected chi connectivity index (χ1v) is 9.96. The lowest BCUT2D eigenvalue weighted by Crippen LogP contribution is -2.31. The fourth-order valence-electron chi connectivity index (χ4n) is 2.78. The van der Waals surface area contributed by atoms with E-state index in [4.69, 9.17) is 4.74 Å². The molecule has 1 aliphatic heterocycles. The van der Waals surface area contributed by atoms with Crippen molar-refractivity contribution in [1.29, 1.82) is 0 Å². The molecule has 1 amide bonds. The Morgan fingerprint density at radius 3 is 2.54 bits per heavy atom. The van der Waals surface area contributed by atoms with Gasteiger partial charge in [-0.15, -0.1) is 5.10 Å². The van der Waals surface area contributed by atoms with Gasteiger partial charge in [0.15, 0.2) is 5.17 Å². The molecule has 2 aromatic rings. The smallest absolute Gasteiger partial charge is 0.242 e. The van der Waals surface area contributed by atoms with Gasteiger partial charge in [0.25, 0.3) is 0 Å². The van der Waals surface area contributed by atoms with E-state index < -0.39 is 0 Å². The predicted molar refractivity (Wildman–Crippen MR) is 111 cm³/mol. The van der Waals surface area contributed by atoms with Crippen LogP contribution in [0.25, 0.3) is 0 Å². The lowest BCUT2D eigenvalue weighted by molar-refractivity contribution is -0.126. The average Bonchev–Trinajstić information content (AvgIpc) is 2.99. The number of thioether (sulfide) groups is 1. The zero-order valence-electron chi connectivity index (χ0n) is 15.8. The monoisotopic (exact) mass is 399 g/mol. The highest BCUT2D eigenvalue weighted by Gasteiger charge is 2.37. The molecule has 7 heteroatoms. The number of hydrogen-bond acceptors (Lipinski definition) is 5. The van der Waals surface area contributed by atoms with Gasteiger partial charge in [-0.1, -0.05) is 37.2 Å². The number of amidine groups is 1. The molecule has 1 saturated heterocycles. The fraction of sp³-hybridized carbons (Fsp3) is 0.286. The van der Waals surface area contributed by atoms with Crippen LogP contribution in [0.15, 0.2) is 58.7 Å². The highest BCUT2D eigenvalue weighted by atomic mass is 32.2. The van der Waals surface area contributed by atoms with Gasteiger partial charge in [-0.05, 0) is 53.9 Å². The summed E-state index contributed by atoms with van der Waals surface area (Å²) in [6.07, 6.45) is 3.33. The van der Waals surface area contributed by atoms with Crippen molar-refractivity contribution in [2.24, 2.45) is 10.2 Å². The van der Waals surface area contributed by atoms with Crippen LogP contribution in [0, 0.1) is 5.82 Å². The average molecular weight is 399 g/mol. The SMILES string of the molecule is CCC[C@H]1S/C(=N\N=C/c2ccc(OC)cc2)N(Cc2ccc(F)cc2)C1=O. The maximum Gasteiger partial charge on any atom is 0.242 e. The Morgan fingerprint density at radius 1 is 1.18 bits per heavy atom. The molecule has 3 rings (SSSR count). The first-order chi connectivity index (χ1) is 13.6. The van der Waals surface area contributed by atoms with Crippen LogP contribution in [0.1, 0.15) is 30.9 Å². The van der Waals surface area contributed by atoms with Gasteiger partial charge in [-0.3, -0.25) is 9.69 Å². The van der Waals surface area contributed by atoms with E-state index in [1.165, 1.54) is 23.9 Å². The van der Waals surface area contributed by atoms with Crippen LogP contribution in [0.3, 0.4) is 0 Å². The molecule has 0 aliphatic carbocycles. The van der Waals surface area contributed by atoms with Crippen LogP contribution in [0.4, 0.5) is 4.39 Å². The van der Waals surface area contributed by atoms with E-state index in [0.29, 0.717) is 11.7 Å². The van der Waals surface area contributed by atoms with Crippen molar-refractivity contribution < 1.29 is 13.9 Å². The van der Waals surface area contributed by atoms with E-state index in [-0.39, 0.29) is 17.0 Å². The fourth-order valence-corrected chi connectivity index (χ4v) is 4.00. The summed E-state index contributed by atoms with van der Waals surface area (Å²) in [6.45, 7) is 2.40. The van der Waals surface area contributed by atoms with Gasteiger partial charge in [0.1, 0.15) is 11.6 Å². The summed E-state index contributed by atoms with van der Waals surface area (Å²) in [4.78, 5) is 14.4. The van der Waals surface area contributed by atoms with Gasteiger partial charge in [0.05, 0.1) is 25.1 Å². The number of amides is 1. The van der Waals surface area contributed by atoms with Gasteiger partial charge in [-0.2, -0.15) is 5.10 Å². The van der Waals surface area contributed by atoms with E-state index >= 15 is 0 Å². The molecule has 0 spiro atoms. The number of hydrogen-bond donors (Lipinski definition) is 0. The first kappa shape index (κ1) is 20.1. The van der Waals surface area contributed by atoms with Gasteiger partial charge in [0, 0.05) is 0 Å². The molecular weight excluding hydrogens is 377 g/mol. The van der Waals surface area contributed by atoms with Crippen LogP contribution in [0.5, 0.6) is 5.75 Å². The molecular formula is C21H22FN3O2S. The molecule has 2 aromatic carbocycles. The Balaban J connectivity index is 1.77. The van der Waals surface area contributed by atoms with Crippen LogP contribution < -0.4 is 4.74 Å². The Bertz CT molecular complexity index is 866. The van der Waals surface area contributed by atoms with E-state index in [2.05, 4.69) is 17.1 Å². The lowest BCUT2D eigenvalue weighted by atomic mass is 10.2. The van der Waals surface area contributed by atoms with Gasteiger partial charge < -0.3 is 4.74 Å². The van der Waals surface area contributed by atoms with Crippen molar-refractivity contribution in [1.82, 2.24) is 4.90 Å². The normalized spacial score (nSPS) is 18.4. The van der Waals surface area contributed by atoms with Gasteiger partial charge in [0.2, 0.25) is 5.91 Å². The molecule has 1 heterocycles. The summed E-state index contributed by atoms with van der Waals surface area (Å²) < 4.78 is 18.3. The molecule has 5 nitrogen and oxygen atoms in total. The number of nitrogens with zero attached hydrogens (tertiary/aromatic N) is 3. The van der Waals surface area contributed by atoms with Crippen molar-refractivity contribution >= 4 is 29.1 Å². The third-order valence-electron chi connectivity index (χ3n) is 4.29. The number of ether oxygens (including phenoxy) is 1. The quantitative estimate of drug-likeness (QED) is 0.510. The van der Waals surface area contributed by atoms with Crippen molar-refractivity contribution in [2.45, 2.75) is 31.6 Å². The molecule has 0 aromatic heterocycles. The Morgan fingerprint density at radius 2 is 1.89 bits per heavy atom. The van der Waals surface area contributed by atoms with Crippen LogP contribution in [-0.4, -0.2) is 34.5 Å². The van der Waals surface area contributed by atoms with Crippen LogP contribution in [0.2, 0.25) is 0 Å². The Kier molecular flexibility index (Phi) is 6.81. The third kappa shape index (κ3) is 4.98. The predicted octanol–water partition coefficient (Wildman–Crippen LogP) is 4.47. The summed E-state index contributed by atoms with van der Waals surface area (Å²) in [5, 5.41) is 8.86. The summed E-state index contributed by atoms with van der Waals surface area (Å²) in [5.74, 6) is 0.496. The number of rotatable bonds is 7. The highest BCUT2D eigenvalue weighted by molar-refractivity contribution is 8.15. The minimum atomic E-state index is -0.298. The molecule has 1 fully saturated rings. The molecule has 1 aliphatic rings. The van der Waals surface area contributed by atoms with Crippen molar-refractivity contribution in [3.8, 4) is 5.75 Å². The molecule has 0 N–H and O–H groups in total. The molecule has 146 valence electrons. The van der Waals surface area contributed by atoms with Crippen LogP contribution in [-0.2, 0) is 11.3 Å². The zero-order chi connectivity index (χ0) is 19.9. The molecule has 0 bridgehead atoms. The van der Waals surface area contributed by atoms with Crippen molar-refractivity contribution in [3.05, 3.63) is 65.5 Å². The Hall–Kier alpha value is -2.67. The van der Waals surface area contributed by atoms with Crippen molar-refractivity contribution in [2.75, 3.05) is 7.11 Å². The second kappa shape index (κ2) is 9.50. The number of halogens is 1. The molecule has 0 unspecified atom stereocenters.